The summed E-state index contributed by atoms with van der Waals surface area (Å²) in [6.07, 6.45) is 1.41. The van der Waals surface area contributed by atoms with Crippen LogP contribution in [0.5, 0.6) is 11.5 Å². The molecule has 1 saturated heterocycles. The minimum Gasteiger partial charge on any atom is -0.508 e. The standard InChI is InChI=1S/C23H24N4O4/c1-31-21-5-3-2-4-19(21)20-14-22(29)27(16-24-20)15-23(30)26-12-10-25(11-13-26)17-6-8-18(28)9-7-17/h2-9,14,16,28H,10-13,15H2,1H3. The summed E-state index contributed by atoms with van der Waals surface area (Å²) in [5, 5.41) is 9.43. The summed E-state index contributed by atoms with van der Waals surface area (Å²) in [5.74, 6) is 0.752. The Balaban J connectivity index is 1.40. The molecule has 8 heteroatoms. The van der Waals surface area contributed by atoms with Gasteiger partial charge in [0.25, 0.3) is 5.56 Å². The van der Waals surface area contributed by atoms with Crippen LogP contribution in [-0.2, 0) is 11.3 Å². The molecule has 1 fully saturated rings. The zero-order valence-electron chi connectivity index (χ0n) is 17.3. The normalized spacial score (nSPS) is 13.8. The number of anilines is 1. The molecule has 0 spiro atoms. The largest absolute Gasteiger partial charge is 0.508 e. The molecule has 1 aromatic heterocycles. The molecule has 4 rings (SSSR count). The Bertz CT molecular complexity index is 1120. The van der Waals surface area contributed by atoms with Gasteiger partial charge in [-0.3, -0.25) is 14.2 Å². The first-order chi connectivity index (χ1) is 15.0. The third-order valence-electron chi connectivity index (χ3n) is 5.42. The number of aromatic nitrogens is 2. The Kier molecular flexibility index (Phi) is 5.88. The molecule has 1 N–H and O–H groups in total. The van der Waals surface area contributed by atoms with Crippen molar-refractivity contribution in [3.8, 4) is 22.8 Å². The first kappa shape index (κ1) is 20.5. The quantitative estimate of drug-likeness (QED) is 0.679. The highest BCUT2D eigenvalue weighted by molar-refractivity contribution is 5.76. The van der Waals surface area contributed by atoms with Crippen molar-refractivity contribution in [1.82, 2.24) is 14.5 Å². The predicted molar refractivity (Wildman–Crippen MR) is 117 cm³/mol. The molecule has 8 nitrogen and oxygen atoms in total. The summed E-state index contributed by atoms with van der Waals surface area (Å²) in [4.78, 5) is 33.6. The number of phenolic OH excluding ortho intramolecular Hbond substituents is 1. The van der Waals surface area contributed by atoms with Crippen LogP contribution in [0.2, 0.25) is 0 Å². The van der Waals surface area contributed by atoms with Gasteiger partial charge in [0, 0.05) is 43.5 Å². The number of rotatable bonds is 5. The second kappa shape index (κ2) is 8.91. The number of amides is 1. The van der Waals surface area contributed by atoms with E-state index in [0.717, 1.165) is 11.3 Å². The Labute approximate surface area is 179 Å². The molecule has 160 valence electrons. The summed E-state index contributed by atoms with van der Waals surface area (Å²) >= 11 is 0. The summed E-state index contributed by atoms with van der Waals surface area (Å²) in [7, 11) is 1.57. The van der Waals surface area contributed by atoms with Crippen molar-refractivity contribution >= 4 is 11.6 Å². The van der Waals surface area contributed by atoms with Crippen molar-refractivity contribution in [1.29, 1.82) is 0 Å². The maximum absolute atomic E-state index is 12.7. The second-order valence-corrected chi connectivity index (χ2v) is 7.32. The molecule has 31 heavy (non-hydrogen) atoms. The highest BCUT2D eigenvalue weighted by atomic mass is 16.5. The van der Waals surface area contributed by atoms with E-state index < -0.39 is 0 Å². The van der Waals surface area contributed by atoms with E-state index in [-0.39, 0.29) is 23.8 Å². The number of para-hydroxylation sites is 1. The van der Waals surface area contributed by atoms with E-state index in [1.807, 2.05) is 36.4 Å². The molecule has 0 atom stereocenters. The van der Waals surface area contributed by atoms with Gasteiger partial charge in [-0.05, 0) is 36.4 Å². The molecule has 0 radical (unpaired) electrons. The molecule has 2 heterocycles. The van der Waals surface area contributed by atoms with Crippen LogP contribution in [0.4, 0.5) is 5.69 Å². The average Bonchev–Trinajstić information content (AvgIpc) is 2.81. The van der Waals surface area contributed by atoms with Crippen molar-refractivity contribution in [3.63, 3.8) is 0 Å². The van der Waals surface area contributed by atoms with Gasteiger partial charge in [-0.1, -0.05) is 12.1 Å². The number of ether oxygens (including phenoxy) is 1. The van der Waals surface area contributed by atoms with Gasteiger partial charge in [0.05, 0.1) is 19.1 Å². The van der Waals surface area contributed by atoms with Gasteiger partial charge in [0.15, 0.2) is 0 Å². The van der Waals surface area contributed by atoms with Gasteiger partial charge in [-0.15, -0.1) is 0 Å². The number of piperazine rings is 1. The molecule has 1 amide bonds. The highest BCUT2D eigenvalue weighted by Gasteiger charge is 2.22. The van der Waals surface area contributed by atoms with Crippen LogP contribution in [0, 0.1) is 0 Å². The first-order valence-electron chi connectivity index (χ1n) is 10.1. The van der Waals surface area contributed by atoms with Crippen LogP contribution >= 0.6 is 0 Å². The van der Waals surface area contributed by atoms with Gasteiger partial charge in [0.1, 0.15) is 18.0 Å². The summed E-state index contributed by atoms with van der Waals surface area (Å²) in [6, 6.07) is 15.8. The number of phenols is 1. The van der Waals surface area contributed by atoms with Crippen molar-refractivity contribution in [2.75, 3.05) is 38.2 Å². The molecule has 3 aromatic rings. The van der Waals surface area contributed by atoms with Gasteiger partial charge in [0.2, 0.25) is 5.91 Å². The number of carbonyl (C=O) groups is 1. The first-order valence-corrected chi connectivity index (χ1v) is 10.1. The van der Waals surface area contributed by atoms with Gasteiger partial charge in [-0.25, -0.2) is 4.98 Å². The van der Waals surface area contributed by atoms with Crippen molar-refractivity contribution in [3.05, 3.63) is 71.3 Å². The fraction of sp³-hybridized carbons (Fsp3) is 0.261. The van der Waals surface area contributed by atoms with Crippen molar-refractivity contribution in [2.45, 2.75) is 6.54 Å². The maximum Gasteiger partial charge on any atom is 0.254 e. The summed E-state index contributed by atoms with van der Waals surface area (Å²) in [5.41, 5.74) is 1.96. The number of benzene rings is 2. The minimum atomic E-state index is -0.285. The number of methoxy groups -OCH3 is 1. The van der Waals surface area contributed by atoms with Crippen LogP contribution in [0.1, 0.15) is 0 Å². The fourth-order valence-electron chi connectivity index (χ4n) is 3.67. The monoisotopic (exact) mass is 420 g/mol. The molecule has 0 aliphatic carbocycles. The van der Waals surface area contributed by atoms with Gasteiger partial charge in [-0.2, -0.15) is 0 Å². The number of carbonyl (C=O) groups excluding carboxylic acids is 1. The van der Waals surface area contributed by atoms with E-state index in [4.69, 9.17) is 4.74 Å². The molecule has 0 unspecified atom stereocenters. The van der Waals surface area contributed by atoms with Crippen molar-refractivity contribution < 1.29 is 14.6 Å². The predicted octanol–water partition coefficient (Wildman–Crippen LogP) is 1.97. The lowest BCUT2D eigenvalue weighted by Crippen LogP contribution is -2.50. The Morgan fingerprint density at radius 3 is 2.45 bits per heavy atom. The topological polar surface area (TPSA) is 87.9 Å². The lowest BCUT2D eigenvalue weighted by Gasteiger charge is -2.36. The van der Waals surface area contributed by atoms with Crippen LogP contribution < -0.4 is 15.2 Å². The maximum atomic E-state index is 12.7. The SMILES string of the molecule is COc1ccccc1-c1cc(=O)n(CC(=O)N2CCN(c3ccc(O)cc3)CC2)cn1. The van der Waals surface area contributed by atoms with Gasteiger partial charge < -0.3 is 19.6 Å². The molecule has 1 aliphatic rings. The Morgan fingerprint density at radius 2 is 1.77 bits per heavy atom. The van der Waals surface area contributed by atoms with Crippen LogP contribution in [0.3, 0.4) is 0 Å². The third kappa shape index (κ3) is 4.53. The molecule has 0 saturated carbocycles. The van der Waals surface area contributed by atoms with E-state index in [0.29, 0.717) is 37.6 Å². The Morgan fingerprint density at radius 1 is 1.06 bits per heavy atom. The van der Waals surface area contributed by atoms with Crippen LogP contribution in [0.15, 0.2) is 65.7 Å². The van der Waals surface area contributed by atoms with Crippen LogP contribution in [-0.4, -0.2) is 58.8 Å². The van der Waals surface area contributed by atoms with Gasteiger partial charge >= 0.3 is 0 Å². The number of hydrogen-bond acceptors (Lipinski definition) is 6. The lowest BCUT2D eigenvalue weighted by atomic mass is 10.1. The summed E-state index contributed by atoms with van der Waals surface area (Å²) < 4.78 is 6.66. The molecule has 1 aliphatic heterocycles. The smallest absolute Gasteiger partial charge is 0.254 e. The second-order valence-electron chi connectivity index (χ2n) is 7.32. The number of nitrogens with zero attached hydrogens (tertiary/aromatic N) is 4. The van der Waals surface area contributed by atoms with E-state index >= 15 is 0 Å². The molecular weight excluding hydrogens is 396 g/mol. The summed E-state index contributed by atoms with van der Waals surface area (Å²) in [6.45, 7) is 2.48. The van der Waals surface area contributed by atoms with E-state index in [1.54, 1.807) is 24.1 Å². The van der Waals surface area contributed by atoms with E-state index in [9.17, 15) is 14.7 Å². The van der Waals surface area contributed by atoms with Crippen LogP contribution in [0.25, 0.3) is 11.3 Å². The fourth-order valence-corrected chi connectivity index (χ4v) is 3.67. The van der Waals surface area contributed by atoms with Crippen molar-refractivity contribution in [2.24, 2.45) is 0 Å². The molecular formula is C23H24N4O4. The zero-order chi connectivity index (χ0) is 21.8. The Hall–Kier alpha value is -3.81. The lowest BCUT2D eigenvalue weighted by molar-refractivity contribution is -0.132. The highest BCUT2D eigenvalue weighted by Crippen LogP contribution is 2.26. The minimum absolute atomic E-state index is 0.0444. The van der Waals surface area contributed by atoms with E-state index in [2.05, 4.69) is 9.88 Å². The number of hydrogen-bond donors (Lipinski definition) is 1. The average molecular weight is 420 g/mol. The molecule has 2 aromatic carbocycles. The van der Waals surface area contributed by atoms with E-state index in [1.165, 1.54) is 17.0 Å². The third-order valence-corrected chi connectivity index (χ3v) is 5.42. The molecule has 0 bridgehead atoms. The zero-order valence-corrected chi connectivity index (χ0v) is 17.3. The number of aromatic hydroxyl groups is 1.